The zero-order chi connectivity index (χ0) is 13.7. The van der Waals surface area contributed by atoms with E-state index < -0.39 is 8.07 Å². The highest BCUT2D eigenvalue weighted by Gasteiger charge is 2.43. The van der Waals surface area contributed by atoms with E-state index in [1.54, 1.807) is 16.7 Å². The number of hydrogen-bond acceptors (Lipinski definition) is 0. The first-order valence-electron chi connectivity index (χ1n) is 6.97. The predicted octanol–water partition coefficient (Wildman–Crippen LogP) is 5.64. The Morgan fingerprint density at radius 3 is 1.89 bits per heavy atom. The van der Waals surface area contributed by atoms with E-state index in [2.05, 4.69) is 65.9 Å². The lowest BCUT2D eigenvalue weighted by atomic mass is 10.1. The summed E-state index contributed by atoms with van der Waals surface area (Å²) < 4.78 is 0. The summed E-state index contributed by atoms with van der Waals surface area (Å²) in [5.74, 6) is 0. The molecule has 0 aliphatic heterocycles. The molecular formula is C17H26Si. The standard InChI is InChI=1S/C17H26Si/c1-11-8-13(3)16(9-11)18(6,7)17-14(4)10-12(2)15(17)5/h8-10,16-17H,1-7H3. The molecule has 2 atom stereocenters. The third-order valence-electron chi connectivity index (χ3n) is 4.88. The Labute approximate surface area is 113 Å². The number of rotatable bonds is 2. The SMILES string of the molecule is CC1=CC([Si](C)(C)C2C(C)=CC(C)=C2C)C(C)=C1. The van der Waals surface area contributed by atoms with Crippen LogP contribution in [0.15, 0.2) is 46.1 Å². The molecule has 2 rings (SSSR count). The van der Waals surface area contributed by atoms with Crippen molar-refractivity contribution in [3.8, 4) is 0 Å². The lowest BCUT2D eigenvalue weighted by molar-refractivity contribution is 1.01. The van der Waals surface area contributed by atoms with E-state index in [-0.39, 0.29) is 0 Å². The first-order chi connectivity index (χ1) is 8.25. The van der Waals surface area contributed by atoms with Crippen molar-refractivity contribution < 1.29 is 0 Å². The molecule has 0 aromatic heterocycles. The molecule has 0 N–H and O–H groups in total. The normalized spacial score (nSPS) is 28.5. The van der Waals surface area contributed by atoms with Crippen LogP contribution in [0, 0.1) is 0 Å². The van der Waals surface area contributed by atoms with Crippen LogP contribution in [0.25, 0.3) is 0 Å². The third kappa shape index (κ3) is 1.99. The van der Waals surface area contributed by atoms with Gasteiger partial charge in [-0.3, -0.25) is 0 Å². The van der Waals surface area contributed by atoms with Crippen LogP contribution in [0.2, 0.25) is 24.2 Å². The van der Waals surface area contributed by atoms with Crippen molar-refractivity contribution in [2.24, 2.45) is 0 Å². The van der Waals surface area contributed by atoms with Crippen LogP contribution >= 0.6 is 0 Å². The maximum Gasteiger partial charge on any atom is 0.0709 e. The van der Waals surface area contributed by atoms with Crippen molar-refractivity contribution in [1.29, 1.82) is 0 Å². The molecule has 2 unspecified atom stereocenters. The quantitative estimate of drug-likeness (QED) is 0.562. The zero-order valence-corrected chi connectivity index (χ0v) is 13.9. The molecule has 18 heavy (non-hydrogen) atoms. The highest BCUT2D eigenvalue weighted by molar-refractivity contribution is 6.82. The molecule has 0 spiro atoms. The highest BCUT2D eigenvalue weighted by atomic mass is 28.3. The summed E-state index contributed by atoms with van der Waals surface area (Å²) in [6.45, 7) is 16.6. The molecule has 0 nitrogen and oxygen atoms in total. The number of hydrogen-bond donors (Lipinski definition) is 0. The topological polar surface area (TPSA) is 0 Å². The second-order valence-electron chi connectivity index (χ2n) is 6.79. The highest BCUT2D eigenvalue weighted by Crippen LogP contribution is 2.51. The molecule has 2 aliphatic carbocycles. The predicted molar refractivity (Wildman–Crippen MR) is 84.6 cm³/mol. The van der Waals surface area contributed by atoms with E-state index in [9.17, 15) is 0 Å². The van der Waals surface area contributed by atoms with Gasteiger partial charge in [0.05, 0.1) is 8.07 Å². The maximum atomic E-state index is 2.56. The van der Waals surface area contributed by atoms with E-state index in [0.717, 1.165) is 5.54 Å². The van der Waals surface area contributed by atoms with Gasteiger partial charge in [-0.05, 0) is 45.7 Å². The van der Waals surface area contributed by atoms with Crippen molar-refractivity contribution in [2.75, 3.05) is 0 Å². The van der Waals surface area contributed by atoms with Crippen LogP contribution in [0.5, 0.6) is 0 Å². The fourth-order valence-corrected chi connectivity index (χ4v) is 9.03. The first kappa shape index (κ1) is 13.6. The van der Waals surface area contributed by atoms with Gasteiger partial charge in [-0.15, -0.1) is 0 Å². The van der Waals surface area contributed by atoms with E-state index >= 15 is 0 Å². The van der Waals surface area contributed by atoms with Crippen LogP contribution in [0.1, 0.15) is 34.6 Å². The van der Waals surface area contributed by atoms with E-state index in [1.165, 1.54) is 11.1 Å². The average Bonchev–Trinajstić information content (AvgIpc) is 2.69. The van der Waals surface area contributed by atoms with Gasteiger partial charge in [-0.25, -0.2) is 0 Å². The van der Waals surface area contributed by atoms with Gasteiger partial charge in [0.2, 0.25) is 0 Å². The van der Waals surface area contributed by atoms with Gasteiger partial charge in [0.25, 0.3) is 0 Å². The lowest BCUT2D eigenvalue weighted by Crippen LogP contribution is -2.38. The summed E-state index contributed by atoms with van der Waals surface area (Å²) in [5.41, 5.74) is 9.19. The minimum absolute atomic E-state index is 0.715. The molecule has 0 heterocycles. The Morgan fingerprint density at radius 2 is 1.50 bits per heavy atom. The van der Waals surface area contributed by atoms with Crippen LogP contribution in [-0.2, 0) is 0 Å². The molecule has 0 aromatic rings. The van der Waals surface area contributed by atoms with Crippen molar-refractivity contribution in [3.05, 3.63) is 46.1 Å². The summed E-state index contributed by atoms with van der Waals surface area (Å²) in [7, 11) is -1.38. The monoisotopic (exact) mass is 258 g/mol. The van der Waals surface area contributed by atoms with Crippen LogP contribution in [0.4, 0.5) is 0 Å². The van der Waals surface area contributed by atoms with Crippen molar-refractivity contribution in [1.82, 2.24) is 0 Å². The average molecular weight is 258 g/mol. The minimum Gasteiger partial charge on any atom is -0.0771 e. The summed E-state index contributed by atoms with van der Waals surface area (Å²) in [4.78, 5) is 0. The first-order valence-corrected chi connectivity index (χ1v) is 10.1. The maximum absolute atomic E-state index is 2.56. The minimum atomic E-state index is -1.38. The molecule has 0 saturated heterocycles. The Morgan fingerprint density at radius 1 is 0.889 bits per heavy atom. The second-order valence-corrected chi connectivity index (χ2v) is 11.6. The summed E-state index contributed by atoms with van der Waals surface area (Å²) >= 11 is 0. The van der Waals surface area contributed by atoms with Crippen molar-refractivity contribution in [3.63, 3.8) is 0 Å². The molecule has 2 aliphatic rings. The van der Waals surface area contributed by atoms with Gasteiger partial charge in [-0.1, -0.05) is 59.2 Å². The Balaban J connectivity index is 2.39. The summed E-state index contributed by atoms with van der Waals surface area (Å²) in [6, 6.07) is 0. The fraction of sp³-hybridized carbons (Fsp3) is 0.529. The van der Waals surface area contributed by atoms with Crippen LogP contribution in [-0.4, -0.2) is 8.07 Å². The molecule has 0 amide bonds. The van der Waals surface area contributed by atoms with Gasteiger partial charge < -0.3 is 0 Å². The molecule has 0 fully saturated rings. The van der Waals surface area contributed by atoms with E-state index in [4.69, 9.17) is 0 Å². The molecule has 1 heteroatoms. The molecule has 98 valence electrons. The van der Waals surface area contributed by atoms with Gasteiger partial charge in [0.15, 0.2) is 0 Å². The summed E-state index contributed by atoms with van der Waals surface area (Å²) in [5, 5.41) is 0. The lowest BCUT2D eigenvalue weighted by Gasteiger charge is -2.38. The molecule has 0 aromatic carbocycles. The molecule has 0 bridgehead atoms. The fourth-order valence-electron chi connectivity index (χ4n) is 4.13. The molecule has 0 saturated carbocycles. The van der Waals surface area contributed by atoms with Crippen molar-refractivity contribution >= 4 is 8.07 Å². The number of allylic oxidation sites excluding steroid dienone is 8. The smallest absolute Gasteiger partial charge is 0.0709 e. The Hall–Kier alpha value is -0.823. The van der Waals surface area contributed by atoms with Gasteiger partial charge >= 0.3 is 0 Å². The summed E-state index contributed by atoms with van der Waals surface area (Å²) in [6.07, 6.45) is 7.29. The van der Waals surface area contributed by atoms with E-state index in [0.29, 0.717) is 5.54 Å². The van der Waals surface area contributed by atoms with E-state index in [1.807, 2.05) is 0 Å². The van der Waals surface area contributed by atoms with Gasteiger partial charge in [0.1, 0.15) is 0 Å². The Bertz CT molecular complexity index is 498. The van der Waals surface area contributed by atoms with Crippen LogP contribution in [0.3, 0.4) is 0 Å². The molecule has 0 radical (unpaired) electrons. The Kier molecular flexibility index (Phi) is 3.31. The zero-order valence-electron chi connectivity index (χ0n) is 12.9. The third-order valence-corrected chi connectivity index (χ3v) is 9.48. The second kappa shape index (κ2) is 4.38. The van der Waals surface area contributed by atoms with Gasteiger partial charge in [-0.2, -0.15) is 0 Å². The van der Waals surface area contributed by atoms with Crippen molar-refractivity contribution in [2.45, 2.75) is 58.8 Å². The largest absolute Gasteiger partial charge is 0.0771 e. The van der Waals surface area contributed by atoms with Gasteiger partial charge in [0, 0.05) is 0 Å². The van der Waals surface area contributed by atoms with Crippen LogP contribution < -0.4 is 0 Å². The molecular weight excluding hydrogens is 232 g/mol.